The number of benzene rings is 3. The second-order valence-electron chi connectivity index (χ2n) is 7.84. The Bertz CT molecular complexity index is 1320. The number of likely N-dealkylation sites (N-methyl/N-ethyl adjacent to an activating group) is 1. The number of aromatic amines is 1. The molecule has 7 heteroatoms. The van der Waals surface area contributed by atoms with E-state index in [0.717, 1.165) is 32.5 Å². The zero-order valence-electron chi connectivity index (χ0n) is 18.8. The molecule has 170 valence electrons. The number of urea groups is 1. The molecule has 0 aliphatic rings. The molecule has 7 nitrogen and oxygen atoms in total. The zero-order chi connectivity index (χ0) is 23.9. The lowest BCUT2D eigenvalue weighted by Gasteiger charge is -2.22. The Morgan fingerprint density at radius 2 is 1.65 bits per heavy atom. The minimum Gasteiger partial charge on any atom is -0.361 e. The van der Waals surface area contributed by atoms with Crippen molar-refractivity contribution < 1.29 is 9.59 Å². The van der Waals surface area contributed by atoms with E-state index in [1.165, 1.54) is 0 Å². The molecule has 0 saturated heterocycles. The topological polar surface area (TPSA) is 101 Å². The number of fused-ring (bicyclic) bond motifs is 1. The summed E-state index contributed by atoms with van der Waals surface area (Å²) in [7, 11) is 0. The Morgan fingerprint density at radius 1 is 0.971 bits per heavy atom. The largest absolute Gasteiger partial charge is 0.361 e. The third-order valence-electron chi connectivity index (χ3n) is 5.66. The second kappa shape index (κ2) is 10.4. The van der Waals surface area contributed by atoms with Crippen LogP contribution in [0.25, 0.3) is 22.0 Å². The van der Waals surface area contributed by atoms with Crippen molar-refractivity contribution in [1.82, 2.24) is 15.2 Å². The highest BCUT2D eigenvalue weighted by Gasteiger charge is 2.26. The average molecular weight is 452 g/mol. The van der Waals surface area contributed by atoms with Crippen molar-refractivity contribution in [3.8, 4) is 17.3 Å². The van der Waals surface area contributed by atoms with Gasteiger partial charge < -0.3 is 15.6 Å². The summed E-state index contributed by atoms with van der Waals surface area (Å²) in [6.45, 7) is 1.95. The van der Waals surface area contributed by atoms with E-state index in [1.54, 1.807) is 6.92 Å². The van der Waals surface area contributed by atoms with Crippen molar-refractivity contribution in [2.75, 3.05) is 11.9 Å². The van der Waals surface area contributed by atoms with E-state index in [9.17, 15) is 14.9 Å². The lowest BCUT2D eigenvalue weighted by Crippen LogP contribution is -2.49. The number of H-pyrrole nitrogens is 1. The molecule has 3 aromatic carbocycles. The lowest BCUT2D eigenvalue weighted by atomic mass is 10.0. The second-order valence-corrected chi connectivity index (χ2v) is 7.84. The van der Waals surface area contributed by atoms with Crippen molar-refractivity contribution in [2.24, 2.45) is 0 Å². The van der Waals surface area contributed by atoms with E-state index in [2.05, 4.69) is 15.6 Å². The number of amides is 3. The molecular weight excluding hydrogens is 426 g/mol. The van der Waals surface area contributed by atoms with E-state index in [0.29, 0.717) is 5.69 Å². The van der Waals surface area contributed by atoms with E-state index >= 15 is 0 Å². The van der Waals surface area contributed by atoms with Crippen LogP contribution in [0.3, 0.4) is 0 Å². The fourth-order valence-electron chi connectivity index (χ4n) is 3.89. The number of nitrogens with zero attached hydrogens (tertiary/aromatic N) is 2. The van der Waals surface area contributed by atoms with Gasteiger partial charge in [-0.25, -0.2) is 9.69 Å². The molecule has 0 spiro atoms. The van der Waals surface area contributed by atoms with E-state index < -0.39 is 18.0 Å². The van der Waals surface area contributed by atoms with E-state index in [1.807, 2.05) is 91.3 Å². The molecule has 34 heavy (non-hydrogen) atoms. The molecule has 4 aromatic rings. The predicted octanol–water partition coefficient (Wildman–Crippen LogP) is 4.90. The first-order valence-corrected chi connectivity index (χ1v) is 11.1. The fraction of sp³-hybridized carbons (Fsp3) is 0.148. The number of rotatable bonds is 7. The molecular formula is C27H25N5O2. The summed E-state index contributed by atoms with van der Waals surface area (Å²) in [5.41, 5.74) is 4.54. The molecule has 1 aromatic heterocycles. The maximum Gasteiger partial charge on any atom is 0.319 e. The van der Waals surface area contributed by atoms with Gasteiger partial charge in [0.2, 0.25) is 0 Å². The molecule has 0 aliphatic heterocycles. The van der Waals surface area contributed by atoms with Gasteiger partial charge in [-0.15, -0.1) is 0 Å². The Morgan fingerprint density at radius 3 is 2.35 bits per heavy atom. The summed E-state index contributed by atoms with van der Waals surface area (Å²) in [6, 6.07) is 23.8. The van der Waals surface area contributed by atoms with Crippen LogP contribution < -0.4 is 10.6 Å². The monoisotopic (exact) mass is 451 g/mol. The molecule has 0 bridgehead atoms. The molecule has 3 N–H and O–H groups in total. The fourth-order valence-corrected chi connectivity index (χ4v) is 3.89. The van der Waals surface area contributed by atoms with Gasteiger partial charge in [-0.05, 0) is 41.8 Å². The first-order valence-electron chi connectivity index (χ1n) is 11.1. The number of hydrogen-bond acceptors (Lipinski definition) is 3. The van der Waals surface area contributed by atoms with Crippen molar-refractivity contribution in [3.05, 3.63) is 90.6 Å². The molecule has 0 radical (unpaired) electrons. The van der Waals surface area contributed by atoms with Gasteiger partial charge in [-0.1, -0.05) is 60.7 Å². The maximum absolute atomic E-state index is 13.0. The number of hydrogen-bond donors (Lipinski definition) is 3. The highest BCUT2D eigenvalue weighted by atomic mass is 16.2. The molecule has 1 atom stereocenters. The number of para-hydroxylation sites is 1. The van der Waals surface area contributed by atoms with Gasteiger partial charge in [0.1, 0.15) is 6.04 Å². The van der Waals surface area contributed by atoms with Crippen LogP contribution in [0.5, 0.6) is 0 Å². The molecule has 4 rings (SSSR count). The third kappa shape index (κ3) is 5.08. The van der Waals surface area contributed by atoms with Crippen LogP contribution in [-0.4, -0.2) is 34.4 Å². The third-order valence-corrected chi connectivity index (χ3v) is 5.66. The first-order chi connectivity index (χ1) is 16.6. The molecule has 1 unspecified atom stereocenters. The van der Waals surface area contributed by atoms with Gasteiger partial charge in [0, 0.05) is 35.8 Å². The van der Waals surface area contributed by atoms with Gasteiger partial charge in [0.05, 0.1) is 0 Å². The SMILES string of the molecule is CCN(C#N)C(=O)C(Cc1c[nH]c2ccccc12)NC(=O)Nc1ccc(-c2ccccc2)cc1. The quantitative estimate of drug-likeness (QED) is 0.275. The number of anilines is 1. The Hall–Kier alpha value is -4.57. The average Bonchev–Trinajstić information content (AvgIpc) is 3.28. The normalized spacial score (nSPS) is 11.4. The maximum atomic E-state index is 13.0. The highest BCUT2D eigenvalue weighted by Crippen LogP contribution is 2.22. The standard InChI is InChI=1S/C27H25N5O2/c1-2-32(18-28)26(33)25(16-21-17-29-24-11-7-6-10-23(21)24)31-27(34)30-22-14-12-20(13-15-22)19-8-4-3-5-9-19/h3-15,17,25,29H,2,16H2,1H3,(H2,30,31,34). The van der Waals surface area contributed by atoms with Gasteiger partial charge in [0.15, 0.2) is 6.19 Å². The summed E-state index contributed by atoms with van der Waals surface area (Å²) in [5.74, 6) is -0.454. The van der Waals surface area contributed by atoms with Crippen molar-refractivity contribution >= 4 is 28.5 Å². The molecule has 1 heterocycles. The number of nitriles is 1. The number of carbonyl (C=O) groups is 2. The van der Waals surface area contributed by atoms with Crippen LogP contribution in [0.15, 0.2) is 85.1 Å². The van der Waals surface area contributed by atoms with Crippen molar-refractivity contribution in [2.45, 2.75) is 19.4 Å². The minimum atomic E-state index is -0.901. The Kier molecular flexibility index (Phi) is 6.89. The van der Waals surface area contributed by atoms with Gasteiger partial charge >= 0.3 is 6.03 Å². The summed E-state index contributed by atoms with van der Waals surface area (Å²) < 4.78 is 0. The van der Waals surface area contributed by atoms with Crippen molar-refractivity contribution in [1.29, 1.82) is 5.26 Å². The minimum absolute atomic E-state index is 0.226. The number of nitrogens with one attached hydrogen (secondary N) is 3. The first kappa shape index (κ1) is 22.6. The lowest BCUT2D eigenvalue weighted by molar-refractivity contribution is -0.129. The summed E-state index contributed by atoms with van der Waals surface area (Å²) in [5, 5.41) is 15.9. The molecule has 0 aliphatic carbocycles. The highest BCUT2D eigenvalue weighted by molar-refractivity contribution is 5.95. The van der Waals surface area contributed by atoms with Gasteiger partial charge in [0.25, 0.3) is 5.91 Å². The summed E-state index contributed by atoms with van der Waals surface area (Å²) in [4.78, 5) is 30.0. The molecule has 3 amide bonds. The number of carbonyl (C=O) groups excluding carboxylic acids is 2. The van der Waals surface area contributed by atoms with Gasteiger partial charge in [-0.2, -0.15) is 5.26 Å². The summed E-state index contributed by atoms with van der Waals surface area (Å²) >= 11 is 0. The van der Waals surface area contributed by atoms with Crippen LogP contribution in [-0.2, 0) is 11.2 Å². The van der Waals surface area contributed by atoms with Crippen LogP contribution >= 0.6 is 0 Å². The summed E-state index contributed by atoms with van der Waals surface area (Å²) in [6.07, 6.45) is 3.98. The van der Waals surface area contributed by atoms with Crippen molar-refractivity contribution in [3.63, 3.8) is 0 Å². The van der Waals surface area contributed by atoms with Crippen LogP contribution in [0, 0.1) is 11.5 Å². The van der Waals surface area contributed by atoms with Crippen LogP contribution in [0.1, 0.15) is 12.5 Å². The zero-order valence-corrected chi connectivity index (χ0v) is 18.8. The van der Waals surface area contributed by atoms with Gasteiger partial charge in [-0.3, -0.25) is 4.79 Å². The van der Waals surface area contributed by atoms with Crippen LogP contribution in [0.2, 0.25) is 0 Å². The Labute approximate surface area is 198 Å². The van der Waals surface area contributed by atoms with Crippen LogP contribution in [0.4, 0.5) is 10.5 Å². The Balaban J connectivity index is 1.49. The predicted molar refractivity (Wildman–Crippen MR) is 133 cm³/mol. The molecule has 0 fully saturated rings. The smallest absolute Gasteiger partial charge is 0.319 e. The molecule has 0 saturated carbocycles. The number of aromatic nitrogens is 1. The van der Waals surface area contributed by atoms with E-state index in [-0.39, 0.29) is 13.0 Å². The van der Waals surface area contributed by atoms with E-state index in [4.69, 9.17) is 0 Å².